The van der Waals surface area contributed by atoms with Crippen LogP contribution in [0.15, 0.2) is 60.7 Å². The highest BCUT2D eigenvalue weighted by atomic mass is 16.6. The Kier molecular flexibility index (Phi) is 13.2. The molecule has 1 aliphatic rings. The second-order valence-electron chi connectivity index (χ2n) is 11.6. The van der Waals surface area contributed by atoms with E-state index in [0.29, 0.717) is 28.0 Å². The van der Waals surface area contributed by atoms with Crippen molar-refractivity contribution in [2.45, 2.75) is 38.1 Å². The van der Waals surface area contributed by atoms with Crippen LogP contribution in [-0.2, 0) is 41.7 Å². The SMILES string of the molecule is COC(=O)[C@@H]1Cc2cc(OCCNC(=O)OCc3ccccc3)c(OC)c(c2)-c2cc(ccc2OC)[C@H](N(C)C(=O)CN)C(=O)N[C@@H](C)C(=O)N1. The number of fused-ring (bicyclic) bond motifs is 5. The molecular weight excluding hydrogens is 662 g/mol. The summed E-state index contributed by atoms with van der Waals surface area (Å²) in [4.78, 5) is 66.3. The van der Waals surface area contributed by atoms with Crippen LogP contribution >= 0.6 is 0 Å². The van der Waals surface area contributed by atoms with Gasteiger partial charge >= 0.3 is 12.1 Å². The van der Waals surface area contributed by atoms with Gasteiger partial charge in [0.15, 0.2) is 11.5 Å². The van der Waals surface area contributed by atoms with E-state index in [9.17, 15) is 24.0 Å². The molecule has 4 amide bonds. The highest BCUT2D eigenvalue weighted by Crippen LogP contribution is 2.44. The van der Waals surface area contributed by atoms with Crippen molar-refractivity contribution in [1.82, 2.24) is 20.9 Å². The van der Waals surface area contributed by atoms with Gasteiger partial charge in [0.2, 0.25) is 17.7 Å². The zero-order chi connectivity index (χ0) is 37.1. The lowest BCUT2D eigenvalue weighted by Gasteiger charge is -2.30. The van der Waals surface area contributed by atoms with Crippen LogP contribution < -0.4 is 35.9 Å². The van der Waals surface area contributed by atoms with Crippen LogP contribution in [0.2, 0.25) is 0 Å². The molecule has 5 N–H and O–H groups in total. The number of amides is 4. The molecule has 0 radical (unpaired) electrons. The second kappa shape index (κ2) is 17.7. The summed E-state index contributed by atoms with van der Waals surface area (Å²) in [7, 11) is 5.55. The van der Waals surface area contributed by atoms with Gasteiger partial charge in [-0.2, -0.15) is 0 Å². The molecule has 0 aromatic heterocycles. The molecule has 0 unspecified atom stereocenters. The quantitative estimate of drug-likeness (QED) is 0.168. The third-order valence-electron chi connectivity index (χ3n) is 8.19. The number of carbonyl (C=O) groups is 5. The van der Waals surface area contributed by atoms with E-state index in [-0.39, 0.29) is 44.2 Å². The van der Waals surface area contributed by atoms with Gasteiger partial charge in [-0.05, 0) is 47.9 Å². The van der Waals surface area contributed by atoms with Gasteiger partial charge in [0.05, 0.1) is 34.4 Å². The maximum atomic E-state index is 13.8. The van der Waals surface area contributed by atoms with Gasteiger partial charge in [-0.25, -0.2) is 9.59 Å². The summed E-state index contributed by atoms with van der Waals surface area (Å²) in [5.41, 5.74) is 8.34. The van der Waals surface area contributed by atoms with Crippen molar-refractivity contribution in [3.05, 3.63) is 77.4 Å². The predicted octanol–water partition coefficient (Wildman–Crippen LogP) is 1.85. The van der Waals surface area contributed by atoms with E-state index >= 15 is 0 Å². The summed E-state index contributed by atoms with van der Waals surface area (Å²) in [6.07, 6.45) is -0.663. The summed E-state index contributed by atoms with van der Waals surface area (Å²) >= 11 is 0. The molecule has 272 valence electrons. The van der Waals surface area contributed by atoms with Crippen molar-refractivity contribution >= 4 is 29.8 Å². The standard InChI is InChI=1S/C36H43N5O10/c1-21-33(43)40-27(35(45)49-5)16-23-15-26(25-18-24(11-12-28(25)47-3)31(34(44)39-21)41(2)30(42)19-37)32(48-4)29(17-23)50-14-13-38-36(46)51-20-22-9-7-6-8-10-22/h6-12,15,17-18,21,27,31H,13-14,16,19-20,37H2,1-5H3,(H,38,46)(H,39,44)(H,40,43)/t21-,27-,31-/m0/s1. The zero-order valence-electron chi connectivity index (χ0n) is 29.1. The summed E-state index contributed by atoms with van der Waals surface area (Å²) in [5.74, 6) is -1.66. The van der Waals surface area contributed by atoms with Crippen LogP contribution in [0, 0.1) is 0 Å². The molecule has 4 bridgehead atoms. The first-order valence-corrected chi connectivity index (χ1v) is 16.1. The minimum absolute atomic E-state index is 0.000212. The first-order valence-electron chi connectivity index (χ1n) is 16.1. The number of likely N-dealkylation sites (N-methyl/N-ethyl adjacent to an activating group) is 1. The monoisotopic (exact) mass is 705 g/mol. The van der Waals surface area contributed by atoms with Crippen LogP contribution in [0.4, 0.5) is 4.79 Å². The molecule has 15 nitrogen and oxygen atoms in total. The molecule has 4 rings (SSSR count). The fourth-order valence-corrected chi connectivity index (χ4v) is 5.55. The summed E-state index contributed by atoms with van der Waals surface area (Å²) in [6.45, 7) is 1.27. The van der Waals surface area contributed by atoms with Crippen molar-refractivity contribution in [3.8, 4) is 28.4 Å². The lowest BCUT2D eigenvalue weighted by molar-refractivity contribution is -0.145. The number of nitrogens with two attached hydrogens (primary N) is 1. The summed E-state index contributed by atoms with van der Waals surface area (Å²) in [6, 6.07) is 14.1. The maximum Gasteiger partial charge on any atom is 0.407 e. The Hall–Kier alpha value is -5.83. The fourth-order valence-electron chi connectivity index (χ4n) is 5.55. The van der Waals surface area contributed by atoms with E-state index in [4.69, 9.17) is 29.4 Å². The molecule has 3 aromatic rings. The number of hydrogen-bond acceptors (Lipinski definition) is 11. The molecule has 0 aliphatic carbocycles. The number of methoxy groups -OCH3 is 3. The average molecular weight is 706 g/mol. The van der Waals surface area contributed by atoms with Gasteiger partial charge in [0.25, 0.3) is 0 Å². The Morgan fingerprint density at radius 3 is 2.33 bits per heavy atom. The van der Waals surface area contributed by atoms with Crippen LogP contribution in [0.1, 0.15) is 29.7 Å². The number of esters is 1. The van der Waals surface area contributed by atoms with Crippen LogP contribution in [0.3, 0.4) is 0 Å². The first kappa shape index (κ1) is 38.0. The van der Waals surface area contributed by atoms with E-state index in [1.165, 1.54) is 40.2 Å². The van der Waals surface area contributed by atoms with Gasteiger partial charge in [0.1, 0.15) is 37.1 Å². The molecule has 0 saturated carbocycles. The van der Waals surface area contributed by atoms with Crippen molar-refractivity contribution in [3.63, 3.8) is 0 Å². The number of benzene rings is 3. The number of hydrogen-bond donors (Lipinski definition) is 4. The molecular formula is C36H43N5O10. The van der Waals surface area contributed by atoms with Gasteiger partial charge in [-0.15, -0.1) is 0 Å². The van der Waals surface area contributed by atoms with Crippen molar-refractivity contribution in [2.24, 2.45) is 5.73 Å². The molecule has 15 heteroatoms. The highest BCUT2D eigenvalue weighted by Gasteiger charge is 2.33. The smallest absolute Gasteiger partial charge is 0.407 e. The predicted molar refractivity (Wildman–Crippen MR) is 185 cm³/mol. The largest absolute Gasteiger partial charge is 0.496 e. The Balaban J connectivity index is 1.77. The van der Waals surface area contributed by atoms with E-state index < -0.39 is 47.9 Å². The first-order chi connectivity index (χ1) is 24.5. The van der Waals surface area contributed by atoms with Crippen LogP contribution in [-0.4, -0.2) is 94.8 Å². The maximum absolute atomic E-state index is 13.8. The van der Waals surface area contributed by atoms with E-state index in [0.717, 1.165) is 5.56 Å². The third kappa shape index (κ3) is 9.45. The van der Waals surface area contributed by atoms with Crippen LogP contribution in [0.5, 0.6) is 17.2 Å². The van der Waals surface area contributed by atoms with Crippen molar-refractivity contribution in [1.29, 1.82) is 0 Å². The topological polar surface area (TPSA) is 197 Å². The van der Waals surface area contributed by atoms with E-state index in [2.05, 4.69) is 16.0 Å². The lowest BCUT2D eigenvalue weighted by atomic mass is 9.93. The number of nitrogens with one attached hydrogen (secondary N) is 3. The number of nitrogens with zero attached hydrogens (tertiary/aromatic N) is 1. The molecule has 0 spiro atoms. The molecule has 0 fully saturated rings. The van der Waals surface area contributed by atoms with Gasteiger partial charge in [-0.1, -0.05) is 36.4 Å². The highest BCUT2D eigenvalue weighted by molar-refractivity contribution is 5.94. The van der Waals surface area contributed by atoms with E-state index in [1.807, 2.05) is 30.3 Å². The fraction of sp³-hybridized carbons (Fsp3) is 0.361. The average Bonchev–Trinajstić information content (AvgIpc) is 3.14. The Bertz CT molecular complexity index is 1730. The van der Waals surface area contributed by atoms with Crippen molar-refractivity contribution in [2.75, 3.05) is 48.1 Å². The Morgan fingerprint density at radius 1 is 0.922 bits per heavy atom. The molecule has 51 heavy (non-hydrogen) atoms. The molecule has 1 heterocycles. The lowest BCUT2D eigenvalue weighted by Crippen LogP contribution is -2.53. The minimum Gasteiger partial charge on any atom is -0.496 e. The van der Waals surface area contributed by atoms with Crippen LogP contribution in [0.25, 0.3) is 11.1 Å². The molecule has 0 saturated heterocycles. The van der Waals surface area contributed by atoms with Gasteiger partial charge < -0.3 is 50.3 Å². The van der Waals surface area contributed by atoms with Gasteiger partial charge in [-0.3, -0.25) is 14.4 Å². The van der Waals surface area contributed by atoms with Gasteiger partial charge in [0, 0.05) is 24.6 Å². The normalized spacial score (nSPS) is 17.1. The van der Waals surface area contributed by atoms with Crippen molar-refractivity contribution < 1.29 is 47.7 Å². The zero-order valence-corrected chi connectivity index (χ0v) is 29.1. The molecule has 1 aliphatic heterocycles. The minimum atomic E-state index is -1.21. The third-order valence-corrected chi connectivity index (χ3v) is 8.19. The number of rotatable bonds is 11. The summed E-state index contributed by atoms with van der Waals surface area (Å²) in [5, 5.41) is 7.95. The second-order valence-corrected chi connectivity index (χ2v) is 11.6. The molecule has 3 aromatic carbocycles. The van der Waals surface area contributed by atoms with E-state index in [1.54, 1.807) is 30.3 Å². The Labute approximate surface area is 295 Å². The number of ether oxygens (including phenoxy) is 5. The summed E-state index contributed by atoms with van der Waals surface area (Å²) < 4.78 is 28.0. The Morgan fingerprint density at radius 2 is 1.67 bits per heavy atom. The number of carbonyl (C=O) groups excluding carboxylic acids is 5. The number of alkyl carbamates (subject to hydrolysis) is 1. The molecule has 3 atom stereocenters.